The highest BCUT2D eigenvalue weighted by molar-refractivity contribution is 6.96. The normalized spacial score (nSPS) is 22.9. The van der Waals surface area contributed by atoms with Crippen LogP contribution >= 0.6 is 0 Å². The lowest BCUT2D eigenvalue weighted by Crippen LogP contribution is -2.39. The minimum atomic E-state index is -1.30. The summed E-state index contributed by atoms with van der Waals surface area (Å²) in [6.45, 7) is 12.7. The van der Waals surface area contributed by atoms with Gasteiger partial charge in [0.25, 0.3) is 0 Å². The summed E-state index contributed by atoms with van der Waals surface area (Å²) in [4.78, 5) is 0. The standard InChI is InChI=1S/C12H22OSi2/c1-14(2,3)13-9-8-10-11-6-7-12(10)15(11,4)5/h6H,7-9H2,1-5H3. The molecule has 2 heterocycles. The van der Waals surface area contributed by atoms with Gasteiger partial charge < -0.3 is 4.43 Å². The average molecular weight is 238 g/mol. The molecule has 3 rings (SSSR count). The summed E-state index contributed by atoms with van der Waals surface area (Å²) in [7, 11) is -2.31. The van der Waals surface area contributed by atoms with Gasteiger partial charge >= 0.3 is 0 Å². The van der Waals surface area contributed by atoms with Crippen molar-refractivity contribution in [2.24, 2.45) is 0 Å². The molecule has 0 atom stereocenters. The number of hydrogen-bond acceptors (Lipinski definition) is 1. The van der Waals surface area contributed by atoms with Gasteiger partial charge in [-0.05, 0) is 32.5 Å². The summed E-state index contributed by atoms with van der Waals surface area (Å²) in [5, 5.41) is 3.54. The molecule has 15 heavy (non-hydrogen) atoms. The van der Waals surface area contributed by atoms with Crippen LogP contribution in [0.15, 0.2) is 22.0 Å². The Morgan fingerprint density at radius 2 is 2.00 bits per heavy atom. The molecule has 0 aromatic rings. The molecule has 1 aliphatic carbocycles. The second-order valence-electron chi connectivity index (χ2n) is 6.11. The van der Waals surface area contributed by atoms with Crippen LogP contribution in [-0.4, -0.2) is 23.0 Å². The molecule has 3 heteroatoms. The molecule has 0 spiro atoms. The molecule has 0 aromatic heterocycles. The van der Waals surface area contributed by atoms with Crippen LogP contribution in [0.4, 0.5) is 0 Å². The highest BCUT2D eigenvalue weighted by atomic mass is 28.4. The van der Waals surface area contributed by atoms with E-state index in [1.807, 2.05) is 0 Å². The van der Waals surface area contributed by atoms with Gasteiger partial charge in [0.05, 0.1) is 0 Å². The van der Waals surface area contributed by atoms with Crippen LogP contribution in [0.25, 0.3) is 0 Å². The molecule has 0 saturated carbocycles. The quantitative estimate of drug-likeness (QED) is 0.679. The van der Waals surface area contributed by atoms with Crippen molar-refractivity contribution < 1.29 is 4.43 Å². The van der Waals surface area contributed by atoms with E-state index in [0.717, 1.165) is 6.61 Å². The Bertz CT molecular complexity index is 345. The van der Waals surface area contributed by atoms with Gasteiger partial charge in [0.2, 0.25) is 0 Å². The monoisotopic (exact) mass is 238 g/mol. The first kappa shape index (κ1) is 11.4. The smallest absolute Gasteiger partial charge is 0.183 e. The zero-order valence-electron chi connectivity index (χ0n) is 10.6. The lowest BCUT2D eigenvalue weighted by atomic mass is 10.2. The first-order chi connectivity index (χ1) is 6.82. The molecule has 3 aliphatic rings. The minimum Gasteiger partial charge on any atom is -0.417 e. The molecular formula is C12H22OSi2. The summed E-state index contributed by atoms with van der Waals surface area (Å²) in [5.41, 5.74) is 1.67. The first-order valence-corrected chi connectivity index (χ1v) is 12.3. The average Bonchev–Trinajstić information content (AvgIpc) is 2.59. The summed E-state index contributed by atoms with van der Waals surface area (Å²) >= 11 is 0. The predicted molar refractivity (Wildman–Crippen MR) is 71.1 cm³/mol. The maximum atomic E-state index is 5.92. The van der Waals surface area contributed by atoms with Crippen molar-refractivity contribution >= 4 is 16.4 Å². The van der Waals surface area contributed by atoms with E-state index in [4.69, 9.17) is 4.43 Å². The van der Waals surface area contributed by atoms with Crippen molar-refractivity contribution in [3.8, 4) is 0 Å². The molecule has 0 radical (unpaired) electrons. The first-order valence-electron chi connectivity index (χ1n) is 5.90. The highest BCUT2D eigenvalue weighted by Crippen LogP contribution is 2.51. The fourth-order valence-corrected chi connectivity index (χ4v) is 6.84. The Morgan fingerprint density at radius 3 is 2.40 bits per heavy atom. The van der Waals surface area contributed by atoms with Crippen molar-refractivity contribution in [3.63, 3.8) is 0 Å². The molecule has 0 fully saturated rings. The fourth-order valence-electron chi connectivity index (χ4n) is 2.72. The van der Waals surface area contributed by atoms with Crippen LogP contribution in [0.3, 0.4) is 0 Å². The summed E-state index contributed by atoms with van der Waals surface area (Å²) in [6, 6.07) is 0. The number of rotatable bonds is 4. The molecule has 1 nitrogen and oxygen atoms in total. The molecule has 2 aliphatic heterocycles. The summed E-state index contributed by atoms with van der Waals surface area (Å²) < 4.78 is 5.92. The molecule has 0 N–H and O–H groups in total. The zero-order chi connectivity index (χ0) is 11.3. The third-order valence-electron chi connectivity index (χ3n) is 3.51. The Morgan fingerprint density at radius 1 is 1.33 bits per heavy atom. The van der Waals surface area contributed by atoms with Crippen molar-refractivity contribution in [2.45, 2.75) is 45.6 Å². The maximum Gasteiger partial charge on any atom is 0.183 e. The molecular weight excluding hydrogens is 216 g/mol. The molecule has 2 bridgehead atoms. The van der Waals surface area contributed by atoms with Gasteiger partial charge in [0.1, 0.15) is 8.07 Å². The largest absolute Gasteiger partial charge is 0.417 e. The molecule has 0 amide bonds. The van der Waals surface area contributed by atoms with Crippen molar-refractivity contribution in [1.82, 2.24) is 0 Å². The molecule has 0 aromatic carbocycles. The van der Waals surface area contributed by atoms with Crippen molar-refractivity contribution in [3.05, 3.63) is 22.0 Å². The van der Waals surface area contributed by atoms with Crippen LogP contribution < -0.4 is 0 Å². The van der Waals surface area contributed by atoms with Gasteiger partial charge in [-0.2, -0.15) is 0 Å². The number of allylic oxidation sites excluding steroid dienone is 3. The Labute approximate surface area is 95.4 Å². The number of fused-ring (bicyclic) bond motifs is 1. The predicted octanol–water partition coefficient (Wildman–Crippen LogP) is 3.66. The van der Waals surface area contributed by atoms with E-state index in [0.29, 0.717) is 0 Å². The fraction of sp³-hybridized carbons (Fsp3) is 0.667. The van der Waals surface area contributed by atoms with Crippen LogP contribution in [-0.2, 0) is 4.43 Å². The zero-order valence-corrected chi connectivity index (χ0v) is 12.6. The van der Waals surface area contributed by atoms with Gasteiger partial charge in [-0.25, -0.2) is 0 Å². The SMILES string of the molecule is C[Si](C)(C)OCCC1=C2CC=C1[Si]2(C)C. The Kier molecular flexibility index (Phi) is 2.60. The molecule has 84 valence electrons. The van der Waals surface area contributed by atoms with Crippen molar-refractivity contribution in [1.29, 1.82) is 0 Å². The lowest BCUT2D eigenvalue weighted by molar-refractivity contribution is 0.316. The Balaban J connectivity index is 1.90. The Hall–Kier alpha value is -0.126. The van der Waals surface area contributed by atoms with Crippen LogP contribution in [0.5, 0.6) is 0 Å². The second-order valence-corrected chi connectivity index (χ2v) is 15.0. The third-order valence-corrected chi connectivity index (χ3v) is 8.45. The topological polar surface area (TPSA) is 9.23 Å². The van der Waals surface area contributed by atoms with Crippen LogP contribution in [0.2, 0.25) is 32.7 Å². The van der Waals surface area contributed by atoms with Crippen LogP contribution in [0.1, 0.15) is 12.8 Å². The van der Waals surface area contributed by atoms with Gasteiger partial charge in [0, 0.05) is 6.61 Å². The molecule has 0 unspecified atom stereocenters. The second kappa shape index (κ2) is 3.43. The van der Waals surface area contributed by atoms with E-state index in [9.17, 15) is 0 Å². The number of hydrogen-bond donors (Lipinski definition) is 0. The van der Waals surface area contributed by atoms with E-state index >= 15 is 0 Å². The highest BCUT2D eigenvalue weighted by Gasteiger charge is 2.46. The third kappa shape index (κ3) is 1.93. The molecule has 0 saturated heterocycles. The lowest BCUT2D eigenvalue weighted by Gasteiger charge is -2.37. The van der Waals surface area contributed by atoms with E-state index in [2.05, 4.69) is 38.8 Å². The maximum absolute atomic E-state index is 5.92. The van der Waals surface area contributed by atoms with E-state index in [1.54, 1.807) is 16.0 Å². The van der Waals surface area contributed by atoms with E-state index in [1.165, 1.54) is 12.8 Å². The van der Waals surface area contributed by atoms with Gasteiger partial charge in [-0.15, -0.1) is 0 Å². The van der Waals surface area contributed by atoms with Gasteiger partial charge in [-0.1, -0.05) is 35.1 Å². The van der Waals surface area contributed by atoms with Gasteiger partial charge in [0.15, 0.2) is 8.32 Å². The summed E-state index contributed by atoms with van der Waals surface area (Å²) in [6.07, 6.45) is 4.89. The van der Waals surface area contributed by atoms with E-state index < -0.39 is 16.4 Å². The minimum absolute atomic E-state index is 0.941. The van der Waals surface area contributed by atoms with E-state index in [-0.39, 0.29) is 0 Å². The van der Waals surface area contributed by atoms with Crippen LogP contribution in [0, 0.1) is 0 Å². The summed E-state index contributed by atoms with van der Waals surface area (Å²) in [5.74, 6) is 0. The van der Waals surface area contributed by atoms with Gasteiger partial charge in [-0.3, -0.25) is 0 Å². The van der Waals surface area contributed by atoms with Crippen molar-refractivity contribution in [2.75, 3.05) is 6.61 Å².